The Morgan fingerprint density at radius 1 is 1.17 bits per heavy atom. The molecule has 0 bridgehead atoms. The van der Waals surface area contributed by atoms with E-state index in [2.05, 4.69) is 4.90 Å². The molecule has 0 spiro atoms. The lowest BCUT2D eigenvalue weighted by Gasteiger charge is -2.36. The molecule has 0 aliphatic carbocycles. The van der Waals surface area contributed by atoms with Crippen LogP contribution in [0.3, 0.4) is 0 Å². The Morgan fingerprint density at radius 3 is 2.35 bits per heavy atom. The fourth-order valence-electron chi connectivity index (χ4n) is 2.56. The van der Waals surface area contributed by atoms with Gasteiger partial charge in [0.1, 0.15) is 5.82 Å². The van der Waals surface area contributed by atoms with E-state index >= 15 is 0 Å². The Balaban J connectivity index is 1.78. The molecule has 1 amide bonds. The minimum Gasteiger partial charge on any atom is -0.481 e. The number of benzene rings is 1. The molecule has 1 N–H and O–H groups in total. The summed E-state index contributed by atoms with van der Waals surface area (Å²) in [7, 11) is 1.75. The van der Waals surface area contributed by atoms with Crippen LogP contribution in [0.4, 0.5) is 10.1 Å². The highest BCUT2D eigenvalue weighted by Crippen LogP contribution is 2.17. The number of hydrogen-bond acceptors (Lipinski definition) is 4. The van der Waals surface area contributed by atoms with Crippen molar-refractivity contribution in [1.29, 1.82) is 0 Å². The normalized spacial score (nSPS) is 15.1. The molecule has 7 heteroatoms. The number of rotatable bonds is 6. The molecule has 23 heavy (non-hydrogen) atoms. The van der Waals surface area contributed by atoms with Crippen molar-refractivity contribution >= 4 is 17.6 Å². The van der Waals surface area contributed by atoms with Crippen molar-refractivity contribution in [3.05, 3.63) is 30.1 Å². The largest absolute Gasteiger partial charge is 0.481 e. The molecular weight excluding hydrogens is 301 g/mol. The predicted molar refractivity (Wildman–Crippen MR) is 84.9 cm³/mol. The Kier molecular flexibility index (Phi) is 5.92. The van der Waals surface area contributed by atoms with Gasteiger partial charge < -0.3 is 14.9 Å². The SMILES string of the molecule is CN(CCC(=O)O)CC(=O)N1CCN(c2ccc(F)cc2)CC1. The molecule has 2 rings (SSSR count). The summed E-state index contributed by atoms with van der Waals surface area (Å²) in [5.74, 6) is -1.11. The van der Waals surface area contributed by atoms with E-state index in [1.165, 1.54) is 12.1 Å². The molecule has 1 aliphatic heterocycles. The average Bonchev–Trinajstić information content (AvgIpc) is 2.54. The van der Waals surface area contributed by atoms with Gasteiger partial charge in [0.05, 0.1) is 13.0 Å². The first-order chi connectivity index (χ1) is 11.0. The van der Waals surface area contributed by atoms with Gasteiger partial charge in [-0.2, -0.15) is 0 Å². The third-order valence-electron chi connectivity index (χ3n) is 3.94. The Labute approximate surface area is 135 Å². The van der Waals surface area contributed by atoms with Gasteiger partial charge in [0.15, 0.2) is 0 Å². The van der Waals surface area contributed by atoms with Crippen molar-refractivity contribution in [2.24, 2.45) is 0 Å². The van der Waals surface area contributed by atoms with Gasteiger partial charge in [-0.1, -0.05) is 0 Å². The molecule has 0 unspecified atom stereocenters. The van der Waals surface area contributed by atoms with E-state index in [-0.39, 0.29) is 24.7 Å². The lowest BCUT2D eigenvalue weighted by Crippen LogP contribution is -2.51. The van der Waals surface area contributed by atoms with Crippen LogP contribution in [0.1, 0.15) is 6.42 Å². The van der Waals surface area contributed by atoms with E-state index in [0.717, 1.165) is 5.69 Å². The number of carboxylic acid groups (broad SMARTS) is 1. The number of amides is 1. The van der Waals surface area contributed by atoms with Crippen LogP contribution in [0.25, 0.3) is 0 Å². The highest BCUT2D eigenvalue weighted by Gasteiger charge is 2.22. The van der Waals surface area contributed by atoms with E-state index < -0.39 is 5.97 Å². The second-order valence-corrected chi connectivity index (χ2v) is 5.73. The summed E-state index contributed by atoms with van der Waals surface area (Å²) < 4.78 is 12.9. The first-order valence-corrected chi connectivity index (χ1v) is 7.64. The van der Waals surface area contributed by atoms with Crippen LogP contribution in [0.15, 0.2) is 24.3 Å². The summed E-state index contributed by atoms with van der Waals surface area (Å²) >= 11 is 0. The molecule has 1 aliphatic rings. The van der Waals surface area contributed by atoms with Crippen LogP contribution in [0.5, 0.6) is 0 Å². The molecule has 0 aromatic heterocycles. The molecule has 1 heterocycles. The standard InChI is InChI=1S/C16H22FN3O3/c1-18(7-6-16(22)23)12-15(21)20-10-8-19(9-11-20)14-4-2-13(17)3-5-14/h2-5H,6-12H2,1H3,(H,22,23). The third kappa shape index (κ3) is 5.21. The number of piperazine rings is 1. The number of halogens is 1. The topological polar surface area (TPSA) is 64.1 Å². The summed E-state index contributed by atoms with van der Waals surface area (Å²) in [5.41, 5.74) is 0.956. The Morgan fingerprint density at radius 2 is 1.78 bits per heavy atom. The monoisotopic (exact) mass is 323 g/mol. The van der Waals surface area contributed by atoms with Crippen LogP contribution in [-0.2, 0) is 9.59 Å². The summed E-state index contributed by atoms with van der Waals surface area (Å²) in [5, 5.41) is 8.65. The van der Waals surface area contributed by atoms with Crippen molar-refractivity contribution in [2.45, 2.75) is 6.42 Å². The van der Waals surface area contributed by atoms with Gasteiger partial charge in [-0.25, -0.2) is 4.39 Å². The van der Waals surface area contributed by atoms with Gasteiger partial charge in [-0.05, 0) is 31.3 Å². The van der Waals surface area contributed by atoms with Crippen molar-refractivity contribution in [1.82, 2.24) is 9.80 Å². The molecule has 0 radical (unpaired) electrons. The summed E-state index contributed by atoms with van der Waals surface area (Å²) in [6.07, 6.45) is 0.0299. The number of carbonyl (C=O) groups excluding carboxylic acids is 1. The van der Waals surface area contributed by atoms with Crippen LogP contribution < -0.4 is 4.90 Å². The van der Waals surface area contributed by atoms with Gasteiger partial charge in [0, 0.05) is 38.4 Å². The minimum absolute atomic E-state index is 0.0108. The molecule has 126 valence electrons. The van der Waals surface area contributed by atoms with E-state index in [1.54, 1.807) is 29.0 Å². The first-order valence-electron chi connectivity index (χ1n) is 7.64. The zero-order chi connectivity index (χ0) is 16.8. The average molecular weight is 323 g/mol. The molecule has 1 fully saturated rings. The summed E-state index contributed by atoms with van der Waals surface area (Å²) in [6, 6.07) is 6.35. The fraction of sp³-hybridized carbons (Fsp3) is 0.500. The van der Waals surface area contributed by atoms with Crippen molar-refractivity contribution in [3.8, 4) is 0 Å². The third-order valence-corrected chi connectivity index (χ3v) is 3.94. The van der Waals surface area contributed by atoms with Crippen LogP contribution in [0.2, 0.25) is 0 Å². The van der Waals surface area contributed by atoms with Crippen LogP contribution >= 0.6 is 0 Å². The molecule has 0 saturated carbocycles. The van der Waals surface area contributed by atoms with Crippen molar-refractivity contribution < 1.29 is 19.1 Å². The maximum absolute atomic E-state index is 12.9. The second-order valence-electron chi connectivity index (χ2n) is 5.73. The van der Waals surface area contributed by atoms with Gasteiger partial charge in [0.25, 0.3) is 0 Å². The van der Waals surface area contributed by atoms with Crippen molar-refractivity contribution in [3.63, 3.8) is 0 Å². The summed E-state index contributed by atoms with van der Waals surface area (Å²) in [6.45, 7) is 3.22. The highest BCUT2D eigenvalue weighted by molar-refractivity contribution is 5.78. The Hall–Kier alpha value is -2.15. The second kappa shape index (κ2) is 7.92. The zero-order valence-corrected chi connectivity index (χ0v) is 13.2. The molecule has 1 aromatic rings. The highest BCUT2D eigenvalue weighted by atomic mass is 19.1. The zero-order valence-electron chi connectivity index (χ0n) is 13.2. The predicted octanol–water partition coefficient (Wildman–Crippen LogP) is 0.881. The molecule has 0 atom stereocenters. The van der Waals surface area contributed by atoms with E-state index in [4.69, 9.17) is 5.11 Å². The minimum atomic E-state index is -0.864. The number of carbonyl (C=O) groups is 2. The van der Waals surface area contributed by atoms with Gasteiger partial charge in [-0.3, -0.25) is 14.5 Å². The summed E-state index contributed by atoms with van der Waals surface area (Å²) in [4.78, 5) is 28.4. The number of likely N-dealkylation sites (N-methyl/N-ethyl adjacent to an activating group) is 1. The van der Waals surface area contributed by atoms with Crippen LogP contribution in [0, 0.1) is 5.82 Å². The van der Waals surface area contributed by atoms with Gasteiger partial charge in [0.2, 0.25) is 5.91 Å². The van der Waals surface area contributed by atoms with E-state index in [0.29, 0.717) is 32.7 Å². The van der Waals surface area contributed by atoms with Crippen LogP contribution in [-0.4, -0.2) is 73.1 Å². The number of carboxylic acids is 1. The molecule has 6 nitrogen and oxygen atoms in total. The smallest absolute Gasteiger partial charge is 0.304 e. The molecule has 1 aromatic carbocycles. The lowest BCUT2D eigenvalue weighted by atomic mass is 10.2. The maximum atomic E-state index is 12.9. The van der Waals surface area contributed by atoms with Gasteiger partial charge in [-0.15, -0.1) is 0 Å². The van der Waals surface area contributed by atoms with Crippen molar-refractivity contribution in [2.75, 3.05) is 51.2 Å². The number of nitrogens with zero attached hydrogens (tertiary/aromatic N) is 3. The number of anilines is 1. The molecule has 1 saturated heterocycles. The van der Waals surface area contributed by atoms with E-state index in [1.807, 2.05) is 0 Å². The van der Waals surface area contributed by atoms with E-state index in [9.17, 15) is 14.0 Å². The maximum Gasteiger partial charge on any atom is 0.304 e. The number of hydrogen-bond donors (Lipinski definition) is 1. The fourth-order valence-corrected chi connectivity index (χ4v) is 2.56. The first kappa shape index (κ1) is 17.2. The van der Waals surface area contributed by atoms with Gasteiger partial charge >= 0.3 is 5.97 Å². The number of aliphatic carboxylic acids is 1. The molecular formula is C16H22FN3O3. The Bertz CT molecular complexity index is 542. The lowest BCUT2D eigenvalue weighted by molar-refractivity contribution is -0.138. The quantitative estimate of drug-likeness (QED) is 0.842.